The molecule has 0 amide bonds. The van der Waals surface area contributed by atoms with Gasteiger partial charge in [0, 0.05) is 13.0 Å². The molecule has 0 saturated heterocycles. The number of nitriles is 1. The Bertz CT molecular complexity index is 620. The molecule has 0 aliphatic rings. The Hall–Kier alpha value is -2.03. The van der Waals surface area contributed by atoms with E-state index in [2.05, 4.69) is 28.2 Å². The van der Waals surface area contributed by atoms with E-state index in [-0.39, 0.29) is 0 Å². The second-order valence-electron chi connectivity index (χ2n) is 5.15. The molecular weight excluding hydrogens is 308 g/mol. The van der Waals surface area contributed by atoms with Crippen molar-refractivity contribution in [2.75, 3.05) is 20.3 Å². The molecule has 2 rings (SSSR count). The van der Waals surface area contributed by atoms with Gasteiger partial charge in [0.2, 0.25) is 0 Å². The Morgan fingerprint density at radius 3 is 2.87 bits per heavy atom. The van der Waals surface area contributed by atoms with Crippen molar-refractivity contribution in [3.05, 3.63) is 46.2 Å². The van der Waals surface area contributed by atoms with Crippen molar-refractivity contribution in [3.8, 4) is 17.6 Å². The molecule has 5 heteroatoms. The zero-order chi connectivity index (χ0) is 16.3. The zero-order valence-corrected chi connectivity index (χ0v) is 14.2. The highest BCUT2D eigenvalue weighted by Gasteiger charge is 2.06. The maximum atomic E-state index is 8.56. The van der Waals surface area contributed by atoms with Crippen LogP contribution < -0.4 is 14.8 Å². The number of nitrogens with one attached hydrogen (secondary N) is 1. The number of ether oxygens (including phenoxy) is 2. The Morgan fingerprint density at radius 1 is 1.22 bits per heavy atom. The van der Waals surface area contributed by atoms with Crippen LogP contribution in [0.15, 0.2) is 35.0 Å². The number of hydrogen-bond acceptors (Lipinski definition) is 5. The van der Waals surface area contributed by atoms with Crippen molar-refractivity contribution < 1.29 is 9.47 Å². The number of hydrogen-bond donors (Lipinski definition) is 1. The number of methoxy groups -OCH3 is 1. The average Bonchev–Trinajstić information content (AvgIpc) is 3.09. The molecule has 4 nitrogen and oxygen atoms in total. The van der Waals surface area contributed by atoms with Crippen LogP contribution in [0.25, 0.3) is 0 Å². The van der Waals surface area contributed by atoms with Gasteiger partial charge in [-0.05, 0) is 59.5 Å². The highest BCUT2D eigenvalue weighted by molar-refractivity contribution is 7.07. The van der Waals surface area contributed by atoms with Gasteiger partial charge in [-0.1, -0.05) is 6.07 Å². The molecule has 23 heavy (non-hydrogen) atoms. The molecule has 1 aromatic carbocycles. The lowest BCUT2D eigenvalue weighted by Gasteiger charge is -2.12. The number of thiophene rings is 1. The predicted molar refractivity (Wildman–Crippen MR) is 93.1 cm³/mol. The number of rotatable bonds is 10. The minimum Gasteiger partial charge on any atom is -0.493 e. The van der Waals surface area contributed by atoms with E-state index in [9.17, 15) is 0 Å². The van der Waals surface area contributed by atoms with Gasteiger partial charge in [-0.15, -0.1) is 0 Å². The topological polar surface area (TPSA) is 54.3 Å². The van der Waals surface area contributed by atoms with Crippen molar-refractivity contribution in [1.82, 2.24) is 5.32 Å². The highest BCUT2D eigenvalue weighted by atomic mass is 32.1. The van der Waals surface area contributed by atoms with E-state index < -0.39 is 0 Å². The molecule has 0 aliphatic heterocycles. The van der Waals surface area contributed by atoms with Crippen LogP contribution in [-0.4, -0.2) is 20.3 Å². The van der Waals surface area contributed by atoms with E-state index in [0.29, 0.717) is 13.0 Å². The number of unbranched alkanes of at least 4 members (excludes halogenated alkanes) is 1. The highest BCUT2D eigenvalue weighted by Crippen LogP contribution is 2.28. The molecule has 0 aliphatic carbocycles. The first-order chi connectivity index (χ1) is 11.3. The second kappa shape index (κ2) is 9.88. The van der Waals surface area contributed by atoms with Gasteiger partial charge >= 0.3 is 0 Å². The average molecular weight is 330 g/mol. The first-order valence-corrected chi connectivity index (χ1v) is 8.66. The summed E-state index contributed by atoms with van der Waals surface area (Å²) in [5.74, 6) is 1.46. The van der Waals surface area contributed by atoms with E-state index >= 15 is 0 Å². The van der Waals surface area contributed by atoms with Gasteiger partial charge in [0.25, 0.3) is 0 Å². The van der Waals surface area contributed by atoms with Crippen LogP contribution >= 0.6 is 11.3 Å². The summed E-state index contributed by atoms with van der Waals surface area (Å²) in [5.41, 5.74) is 2.53. The van der Waals surface area contributed by atoms with Gasteiger partial charge in [0.05, 0.1) is 19.8 Å². The van der Waals surface area contributed by atoms with E-state index in [1.165, 1.54) is 5.56 Å². The monoisotopic (exact) mass is 330 g/mol. The first kappa shape index (κ1) is 17.3. The lowest BCUT2D eigenvalue weighted by atomic mass is 10.2. The number of benzene rings is 1. The van der Waals surface area contributed by atoms with Crippen molar-refractivity contribution in [3.63, 3.8) is 0 Å². The minimum atomic E-state index is 0.506. The summed E-state index contributed by atoms with van der Waals surface area (Å²) >= 11 is 1.73. The minimum absolute atomic E-state index is 0.506. The maximum absolute atomic E-state index is 8.56. The molecule has 0 bridgehead atoms. The standard InChI is InChI=1S/C18H22N2O2S/c1-21-17-5-4-16(12-18(17)22-10-3-2-8-19)13-20-9-6-15-7-11-23-14-15/h4-5,7,11-12,14,20H,2-3,6,9-10,13H2,1H3. The molecule has 0 saturated carbocycles. The lowest BCUT2D eigenvalue weighted by molar-refractivity contribution is 0.290. The molecule has 0 atom stereocenters. The van der Waals surface area contributed by atoms with Gasteiger partial charge in [0.15, 0.2) is 11.5 Å². The maximum Gasteiger partial charge on any atom is 0.161 e. The normalized spacial score (nSPS) is 10.3. The molecular formula is C18H22N2O2S. The van der Waals surface area contributed by atoms with E-state index in [1.54, 1.807) is 18.4 Å². The van der Waals surface area contributed by atoms with Gasteiger partial charge in [0.1, 0.15) is 0 Å². The third-order valence-corrected chi connectivity index (χ3v) is 4.15. The second-order valence-corrected chi connectivity index (χ2v) is 5.93. The van der Waals surface area contributed by atoms with Crippen molar-refractivity contribution >= 4 is 11.3 Å². The molecule has 1 N–H and O–H groups in total. The molecule has 1 aromatic heterocycles. The molecule has 0 unspecified atom stereocenters. The Labute approximate surface area is 141 Å². The third-order valence-electron chi connectivity index (χ3n) is 3.42. The lowest BCUT2D eigenvalue weighted by Crippen LogP contribution is -2.16. The molecule has 2 aromatic rings. The SMILES string of the molecule is COc1ccc(CNCCc2ccsc2)cc1OCCCC#N. The van der Waals surface area contributed by atoms with Gasteiger partial charge in [-0.3, -0.25) is 0 Å². The van der Waals surface area contributed by atoms with Crippen LogP contribution in [0.2, 0.25) is 0 Å². The predicted octanol–water partition coefficient (Wildman–Crippen LogP) is 3.77. The summed E-state index contributed by atoms with van der Waals surface area (Å²) in [4.78, 5) is 0. The molecule has 0 radical (unpaired) electrons. The molecule has 1 heterocycles. The van der Waals surface area contributed by atoms with Crippen LogP contribution in [0.5, 0.6) is 11.5 Å². The summed E-state index contributed by atoms with van der Waals surface area (Å²) in [6.45, 7) is 2.27. The molecule has 0 fully saturated rings. The summed E-state index contributed by atoms with van der Waals surface area (Å²) in [5, 5.41) is 16.3. The fraction of sp³-hybridized carbons (Fsp3) is 0.389. The van der Waals surface area contributed by atoms with Gasteiger partial charge < -0.3 is 14.8 Å². The molecule has 0 spiro atoms. The molecule has 122 valence electrons. The fourth-order valence-electron chi connectivity index (χ4n) is 2.18. The van der Waals surface area contributed by atoms with Crippen LogP contribution in [0, 0.1) is 11.3 Å². The van der Waals surface area contributed by atoms with Crippen LogP contribution in [0.1, 0.15) is 24.0 Å². The number of nitrogens with zero attached hydrogens (tertiary/aromatic N) is 1. The smallest absolute Gasteiger partial charge is 0.161 e. The Morgan fingerprint density at radius 2 is 2.13 bits per heavy atom. The summed E-state index contributed by atoms with van der Waals surface area (Å²) < 4.78 is 11.1. The first-order valence-electron chi connectivity index (χ1n) is 7.72. The van der Waals surface area contributed by atoms with Crippen LogP contribution in [0.4, 0.5) is 0 Å². The van der Waals surface area contributed by atoms with E-state index in [4.69, 9.17) is 14.7 Å². The quantitative estimate of drug-likeness (QED) is 0.674. The summed E-state index contributed by atoms with van der Waals surface area (Å²) in [6, 6.07) is 10.2. The fourth-order valence-corrected chi connectivity index (χ4v) is 2.88. The van der Waals surface area contributed by atoms with Gasteiger partial charge in [-0.25, -0.2) is 0 Å². The summed E-state index contributed by atoms with van der Waals surface area (Å²) in [7, 11) is 1.64. The zero-order valence-electron chi connectivity index (χ0n) is 13.4. The summed E-state index contributed by atoms with van der Waals surface area (Å²) in [6.07, 6.45) is 2.27. The van der Waals surface area contributed by atoms with Crippen molar-refractivity contribution in [2.45, 2.75) is 25.8 Å². The van der Waals surface area contributed by atoms with Crippen molar-refractivity contribution in [2.24, 2.45) is 0 Å². The van der Waals surface area contributed by atoms with Crippen molar-refractivity contribution in [1.29, 1.82) is 5.26 Å². The third kappa shape index (κ3) is 5.93. The van der Waals surface area contributed by atoms with Crippen LogP contribution in [0.3, 0.4) is 0 Å². The van der Waals surface area contributed by atoms with E-state index in [0.717, 1.165) is 43.0 Å². The van der Waals surface area contributed by atoms with Gasteiger partial charge in [-0.2, -0.15) is 16.6 Å². The van der Waals surface area contributed by atoms with E-state index in [1.807, 2.05) is 18.2 Å². The Kier molecular flexibility index (Phi) is 7.44. The van der Waals surface area contributed by atoms with Crippen LogP contribution in [-0.2, 0) is 13.0 Å². The largest absolute Gasteiger partial charge is 0.493 e. The Balaban J connectivity index is 1.82.